The molecule has 0 aliphatic heterocycles. The van der Waals surface area contributed by atoms with Gasteiger partial charge in [-0.3, -0.25) is 4.79 Å². The van der Waals surface area contributed by atoms with Gasteiger partial charge < -0.3 is 23.7 Å². The molecule has 0 fully saturated rings. The lowest BCUT2D eigenvalue weighted by Gasteiger charge is -2.11. The summed E-state index contributed by atoms with van der Waals surface area (Å²) in [7, 11) is 3.03. The van der Waals surface area contributed by atoms with E-state index in [1.807, 2.05) is 19.9 Å². The minimum atomic E-state index is -0.518. The van der Waals surface area contributed by atoms with Crippen molar-refractivity contribution in [2.24, 2.45) is 5.92 Å². The van der Waals surface area contributed by atoms with E-state index in [4.69, 9.17) is 18.6 Å². The Hall–Kier alpha value is -3.41. The highest BCUT2D eigenvalue weighted by molar-refractivity contribution is 5.83. The fourth-order valence-corrected chi connectivity index (χ4v) is 2.69. The van der Waals surface area contributed by atoms with Crippen LogP contribution in [0.25, 0.3) is 22.3 Å². The van der Waals surface area contributed by atoms with Crippen molar-refractivity contribution < 1.29 is 23.7 Å². The lowest BCUT2D eigenvalue weighted by molar-refractivity contribution is 0.355. The van der Waals surface area contributed by atoms with Crippen LogP contribution in [0.3, 0.4) is 0 Å². The SMILES string of the molecule is COc1ccc(-c2oc3cc(OC=CC(C)C)ccc3c(=O)c2O)cc1OC. The number of benzene rings is 2. The number of hydrogen-bond donors (Lipinski definition) is 1. The molecule has 0 amide bonds. The van der Waals surface area contributed by atoms with Crippen molar-refractivity contribution in [3.63, 3.8) is 0 Å². The summed E-state index contributed by atoms with van der Waals surface area (Å²) in [6.45, 7) is 4.08. The van der Waals surface area contributed by atoms with Crippen LogP contribution in [0.15, 0.2) is 57.9 Å². The van der Waals surface area contributed by atoms with Crippen LogP contribution in [0.1, 0.15) is 13.8 Å². The predicted molar refractivity (Wildman–Crippen MR) is 107 cm³/mol. The van der Waals surface area contributed by atoms with Crippen LogP contribution in [-0.4, -0.2) is 19.3 Å². The highest BCUT2D eigenvalue weighted by Crippen LogP contribution is 2.36. The van der Waals surface area contributed by atoms with Gasteiger partial charge in [0.15, 0.2) is 17.3 Å². The quantitative estimate of drug-likeness (QED) is 0.621. The largest absolute Gasteiger partial charge is 0.502 e. The Bertz CT molecular complexity index is 1080. The van der Waals surface area contributed by atoms with Gasteiger partial charge in [0, 0.05) is 11.6 Å². The van der Waals surface area contributed by atoms with E-state index in [0.717, 1.165) is 0 Å². The van der Waals surface area contributed by atoms with Gasteiger partial charge in [-0.1, -0.05) is 13.8 Å². The second-order valence-corrected chi connectivity index (χ2v) is 6.53. The zero-order chi connectivity index (χ0) is 20.3. The molecule has 0 atom stereocenters. The number of methoxy groups -OCH3 is 2. The second kappa shape index (κ2) is 8.08. The third-order valence-corrected chi connectivity index (χ3v) is 4.15. The zero-order valence-corrected chi connectivity index (χ0v) is 16.2. The molecule has 146 valence electrons. The van der Waals surface area contributed by atoms with Gasteiger partial charge in [-0.15, -0.1) is 0 Å². The van der Waals surface area contributed by atoms with E-state index in [2.05, 4.69) is 0 Å². The van der Waals surface area contributed by atoms with Crippen LogP contribution in [-0.2, 0) is 0 Å². The van der Waals surface area contributed by atoms with Gasteiger partial charge in [-0.25, -0.2) is 0 Å². The van der Waals surface area contributed by atoms with Gasteiger partial charge in [0.25, 0.3) is 0 Å². The molecule has 1 aromatic heterocycles. The molecular formula is C22H22O6. The molecule has 1 heterocycles. The molecule has 0 unspecified atom stereocenters. The van der Waals surface area contributed by atoms with Crippen molar-refractivity contribution in [1.29, 1.82) is 0 Å². The number of fused-ring (bicyclic) bond motifs is 1. The van der Waals surface area contributed by atoms with Crippen molar-refractivity contribution in [2.75, 3.05) is 14.2 Å². The van der Waals surface area contributed by atoms with Crippen LogP contribution >= 0.6 is 0 Å². The molecular weight excluding hydrogens is 360 g/mol. The Morgan fingerprint density at radius 1 is 1.04 bits per heavy atom. The Kier molecular flexibility index (Phi) is 5.59. The first-order valence-electron chi connectivity index (χ1n) is 8.80. The van der Waals surface area contributed by atoms with E-state index in [9.17, 15) is 9.90 Å². The van der Waals surface area contributed by atoms with Crippen molar-refractivity contribution in [3.05, 3.63) is 59.0 Å². The third-order valence-electron chi connectivity index (χ3n) is 4.15. The summed E-state index contributed by atoms with van der Waals surface area (Å²) in [5, 5.41) is 10.7. The van der Waals surface area contributed by atoms with E-state index >= 15 is 0 Å². The summed E-state index contributed by atoms with van der Waals surface area (Å²) in [6, 6.07) is 9.82. The van der Waals surface area contributed by atoms with Crippen LogP contribution in [0.4, 0.5) is 0 Å². The first kappa shape index (κ1) is 19.4. The van der Waals surface area contributed by atoms with Crippen molar-refractivity contribution >= 4 is 11.0 Å². The maximum Gasteiger partial charge on any atom is 0.235 e. The fraction of sp³-hybridized carbons (Fsp3) is 0.227. The molecule has 0 spiro atoms. The lowest BCUT2D eigenvalue weighted by atomic mass is 10.1. The minimum absolute atomic E-state index is 0.0494. The normalized spacial score (nSPS) is 11.3. The molecule has 0 aliphatic carbocycles. The van der Waals surface area contributed by atoms with Crippen LogP contribution in [0.5, 0.6) is 23.0 Å². The molecule has 6 nitrogen and oxygen atoms in total. The summed E-state index contributed by atoms with van der Waals surface area (Å²) in [5.74, 6) is 1.45. The Balaban J connectivity index is 2.10. The summed E-state index contributed by atoms with van der Waals surface area (Å²) >= 11 is 0. The van der Waals surface area contributed by atoms with Crippen molar-refractivity contribution in [2.45, 2.75) is 13.8 Å². The van der Waals surface area contributed by atoms with Gasteiger partial charge in [0.05, 0.1) is 25.9 Å². The van der Waals surface area contributed by atoms with E-state index < -0.39 is 11.2 Å². The molecule has 0 bridgehead atoms. The van der Waals surface area contributed by atoms with Gasteiger partial charge in [0.1, 0.15) is 11.3 Å². The Morgan fingerprint density at radius 2 is 1.79 bits per heavy atom. The van der Waals surface area contributed by atoms with Crippen LogP contribution in [0.2, 0.25) is 0 Å². The molecule has 0 saturated heterocycles. The van der Waals surface area contributed by atoms with Crippen LogP contribution < -0.4 is 19.6 Å². The summed E-state index contributed by atoms with van der Waals surface area (Å²) in [6.07, 6.45) is 3.51. The first-order valence-corrected chi connectivity index (χ1v) is 8.80. The molecule has 0 saturated carbocycles. The second-order valence-electron chi connectivity index (χ2n) is 6.53. The average Bonchev–Trinajstić information content (AvgIpc) is 2.69. The topological polar surface area (TPSA) is 78.1 Å². The van der Waals surface area contributed by atoms with Crippen molar-refractivity contribution in [1.82, 2.24) is 0 Å². The third kappa shape index (κ3) is 3.81. The number of allylic oxidation sites excluding steroid dienone is 1. The maximum atomic E-state index is 12.6. The first-order chi connectivity index (χ1) is 13.4. The molecule has 28 heavy (non-hydrogen) atoms. The number of hydrogen-bond acceptors (Lipinski definition) is 6. The molecule has 1 N–H and O–H groups in total. The molecule has 2 aromatic carbocycles. The highest BCUT2D eigenvalue weighted by Gasteiger charge is 2.17. The fourth-order valence-electron chi connectivity index (χ4n) is 2.69. The Morgan fingerprint density at radius 3 is 2.46 bits per heavy atom. The summed E-state index contributed by atoms with van der Waals surface area (Å²) in [5.41, 5.74) is 0.276. The number of aromatic hydroxyl groups is 1. The highest BCUT2D eigenvalue weighted by atomic mass is 16.5. The number of ether oxygens (including phenoxy) is 3. The molecule has 0 aliphatic rings. The lowest BCUT2D eigenvalue weighted by Crippen LogP contribution is -2.03. The molecule has 0 radical (unpaired) electrons. The predicted octanol–water partition coefficient (Wildman–Crippen LogP) is 4.73. The maximum absolute atomic E-state index is 12.6. The van der Waals surface area contributed by atoms with E-state index in [-0.39, 0.29) is 11.1 Å². The van der Waals surface area contributed by atoms with Crippen molar-refractivity contribution in [3.8, 4) is 34.3 Å². The minimum Gasteiger partial charge on any atom is -0.502 e. The van der Waals surface area contributed by atoms with E-state index in [0.29, 0.717) is 34.3 Å². The van der Waals surface area contributed by atoms with Gasteiger partial charge in [-0.2, -0.15) is 0 Å². The van der Waals surface area contributed by atoms with Gasteiger partial charge in [0.2, 0.25) is 11.2 Å². The standard InChI is InChI=1S/C22H22O6/c1-13(2)9-10-27-15-6-7-16-18(12-15)28-22(21(24)20(16)23)14-5-8-17(25-3)19(11-14)26-4/h5-13,24H,1-4H3. The van der Waals surface area contributed by atoms with Gasteiger partial charge >= 0.3 is 0 Å². The summed E-state index contributed by atoms with van der Waals surface area (Å²) < 4.78 is 21.9. The Labute approximate surface area is 162 Å². The van der Waals surface area contributed by atoms with Crippen LogP contribution in [0, 0.1) is 5.92 Å². The monoisotopic (exact) mass is 382 g/mol. The van der Waals surface area contributed by atoms with Gasteiger partial charge in [-0.05, 0) is 42.3 Å². The zero-order valence-electron chi connectivity index (χ0n) is 16.2. The smallest absolute Gasteiger partial charge is 0.235 e. The molecule has 3 aromatic rings. The van der Waals surface area contributed by atoms with E-state index in [1.165, 1.54) is 14.2 Å². The molecule has 6 heteroatoms. The van der Waals surface area contributed by atoms with E-state index in [1.54, 1.807) is 42.7 Å². The summed E-state index contributed by atoms with van der Waals surface area (Å²) in [4.78, 5) is 12.6. The molecule has 3 rings (SSSR count). The average molecular weight is 382 g/mol. The number of rotatable bonds is 6.